The molecule has 27 heavy (non-hydrogen) atoms. The minimum Gasteiger partial charge on any atom is -0.358 e. The number of aromatic nitrogens is 4. The van der Waals surface area contributed by atoms with Crippen molar-refractivity contribution >= 4 is 28.1 Å². The third-order valence-electron chi connectivity index (χ3n) is 5.14. The molecular weight excluding hydrogens is 340 g/mol. The fourth-order valence-corrected chi connectivity index (χ4v) is 3.80. The van der Waals surface area contributed by atoms with Crippen molar-refractivity contribution in [3.63, 3.8) is 0 Å². The van der Waals surface area contributed by atoms with Gasteiger partial charge in [-0.3, -0.25) is 4.79 Å². The van der Waals surface area contributed by atoms with E-state index in [1.807, 2.05) is 43.5 Å². The maximum absolute atomic E-state index is 12.9. The molecule has 4 aromatic rings. The smallest absolute Gasteiger partial charge is 0.255 e. The molecule has 5 rings (SSSR count). The van der Waals surface area contributed by atoms with Crippen molar-refractivity contribution in [2.45, 2.75) is 19.9 Å². The molecule has 0 fully saturated rings. The number of carbonyl (C=O) groups excluding carboxylic acids is 1. The molecular formula is C20H20N6O. The molecule has 1 aromatic carbocycles. The van der Waals surface area contributed by atoms with Gasteiger partial charge in [0, 0.05) is 47.9 Å². The Morgan fingerprint density at radius 1 is 1.30 bits per heavy atom. The van der Waals surface area contributed by atoms with Crippen LogP contribution < -0.4 is 5.32 Å². The molecule has 1 aliphatic heterocycles. The fourth-order valence-electron chi connectivity index (χ4n) is 3.80. The van der Waals surface area contributed by atoms with Crippen molar-refractivity contribution in [3.8, 4) is 0 Å². The van der Waals surface area contributed by atoms with Gasteiger partial charge in [-0.2, -0.15) is 5.10 Å². The molecule has 0 saturated heterocycles. The standard InChI is InChI=1S/C20H20N6O/c1-12-21-19-18(4-3-8-26(19)24-12)23-20(27)13-5-6-16-14(10-13)15-11-25(2)9-7-17(15)22-16/h3-6,8,10,22H,7,9,11H2,1-2H3,(H,23,27). The topological polar surface area (TPSA) is 78.3 Å². The number of hydrogen-bond acceptors (Lipinski definition) is 4. The lowest BCUT2D eigenvalue weighted by Crippen LogP contribution is -2.26. The molecule has 0 aliphatic carbocycles. The van der Waals surface area contributed by atoms with E-state index < -0.39 is 0 Å². The maximum atomic E-state index is 12.9. The molecule has 3 aromatic heterocycles. The van der Waals surface area contributed by atoms with Gasteiger partial charge >= 0.3 is 0 Å². The third-order valence-corrected chi connectivity index (χ3v) is 5.14. The summed E-state index contributed by atoms with van der Waals surface area (Å²) in [6, 6.07) is 9.52. The number of aromatic amines is 1. The largest absolute Gasteiger partial charge is 0.358 e. The lowest BCUT2D eigenvalue weighted by atomic mass is 10.0. The van der Waals surface area contributed by atoms with Crippen LogP contribution in [-0.2, 0) is 13.0 Å². The van der Waals surface area contributed by atoms with E-state index in [1.165, 1.54) is 11.3 Å². The SMILES string of the molecule is Cc1nc2c(NC(=O)c3ccc4[nH]c5c(c4c3)CN(C)CC5)cccn2n1. The number of pyridine rings is 1. The van der Waals surface area contributed by atoms with Crippen LogP contribution in [0.4, 0.5) is 5.69 Å². The van der Waals surface area contributed by atoms with Crippen molar-refractivity contribution < 1.29 is 4.79 Å². The van der Waals surface area contributed by atoms with Gasteiger partial charge in [0.2, 0.25) is 0 Å². The van der Waals surface area contributed by atoms with Crippen LogP contribution in [0.15, 0.2) is 36.5 Å². The summed E-state index contributed by atoms with van der Waals surface area (Å²) in [5.41, 5.74) is 5.59. The van der Waals surface area contributed by atoms with Crippen molar-refractivity contribution in [2.75, 3.05) is 18.9 Å². The number of likely N-dealkylation sites (N-methyl/N-ethyl adjacent to an activating group) is 1. The second kappa shape index (κ2) is 5.92. The van der Waals surface area contributed by atoms with E-state index in [0.717, 1.165) is 30.4 Å². The number of fused-ring (bicyclic) bond motifs is 4. The predicted octanol–water partition coefficient (Wildman–Crippen LogP) is 2.76. The van der Waals surface area contributed by atoms with Crippen LogP contribution in [0.3, 0.4) is 0 Å². The summed E-state index contributed by atoms with van der Waals surface area (Å²) in [5, 5.41) is 8.39. The average molecular weight is 360 g/mol. The fraction of sp³-hybridized carbons (Fsp3) is 0.250. The number of benzene rings is 1. The third kappa shape index (κ3) is 2.67. The molecule has 0 unspecified atom stereocenters. The highest BCUT2D eigenvalue weighted by Gasteiger charge is 2.19. The second-order valence-electron chi connectivity index (χ2n) is 7.13. The van der Waals surface area contributed by atoms with Crippen LogP contribution in [-0.4, -0.2) is 44.0 Å². The van der Waals surface area contributed by atoms with E-state index in [4.69, 9.17) is 0 Å². The molecule has 1 aliphatic rings. The monoisotopic (exact) mass is 360 g/mol. The normalized spacial score (nSPS) is 14.6. The number of nitrogens with one attached hydrogen (secondary N) is 2. The summed E-state index contributed by atoms with van der Waals surface area (Å²) >= 11 is 0. The first kappa shape index (κ1) is 16.0. The van der Waals surface area contributed by atoms with Gasteiger partial charge in [-0.1, -0.05) is 0 Å². The Morgan fingerprint density at radius 3 is 3.07 bits per heavy atom. The highest BCUT2D eigenvalue weighted by Crippen LogP contribution is 2.28. The van der Waals surface area contributed by atoms with Crippen molar-refractivity contribution in [1.29, 1.82) is 0 Å². The highest BCUT2D eigenvalue weighted by atomic mass is 16.1. The first-order valence-corrected chi connectivity index (χ1v) is 9.04. The second-order valence-corrected chi connectivity index (χ2v) is 7.13. The summed E-state index contributed by atoms with van der Waals surface area (Å²) in [7, 11) is 2.12. The minimum atomic E-state index is -0.148. The molecule has 0 spiro atoms. The van der Waals surface area contributed by atoms with Crippen LogP contribution in [0.2, 0.25) is 0 Å². The summed E-state index contributed by atoms with van der Waals surface area (Å²) in [6.07, 6.45) is 2.83. The summed E-state index contributed by atoms with van der Waals surface area (Å²) in [6.45, 7) is 3.78. The van der Waals surface area contributed by atoms with E-state index in [1.54, 1.807) is 4.52 Å². The van der Waals surface area contributed by atoms with Gasteiger partial charge < -0.3 is 15.2 Å². The van der Waals surface area contributed by atoms with Gasteiger partial charge in [0.1, 0.15) is 5.82 Å². The average Bonchev–Trinajstić information content (AvgIpc) is 3.21. The number of carbonyl (C=O) groups is 1. The van der Waals surface area contributed by atoms with Crippen molar-refractivity contribution in [3.05, 3.63) is 59.2 Å². The minimum absolute atomic E-state index is 0.148. The van der Waals surface area contributed by atoms with Gasteiger partial charge in [0.25, 0.3) is 5.91 Å². The number of anilines is 1. The van der Waals surface area contributed by atoms with Crippen molar-refractivity contribution in [1.82, 2.24) is 24.5 Å². The molecule has 7 heteroatoms. The van der Waals surface area contributed by atoms with Gasteiger partial charge in [-0.25, -0.2) is 9.50 Å². The van der Waals surface area contributed by atoms with Crippen LogP contribution in [0, 0.1) is 6.92 Å². The maximum Gasteiger partial charge on any atom is 0.255 e. The van der Waals surface area contributed by atoms with Crippen LogP contribution in [0.1, 0.15) is 27.4 Å². The molecule has 7 nitrogen and oxygen atoms in total. The van der Waals surface area contributed by atoms with Gasteiger partial charge in [0.05, 0.1) is 5.69 Å². The first-order valence-electron chi connectivity index (χ1n) is 9.04. The lowest BCUT2D eigenvalue weighted by Gasteiger charge is -2.22. The van der Waals surface area contributed by atoms with E-state index in [9.17, 15) is 4.79 Å². The van der Waals surface area contributed by atoms with Crippen LogP contribution >= 0.6 is 0 Å². The van der Waals surface area contributed by atoms with Gasteiger partial charge in [-0.15, -0.1) is 0 Å². The number of amides is 1. The molecule has 0 radical (unpaired) electrons. The summed E-state index contributed by atoms with van der Waals surface area (Å²) in [4.78, 5) is 23.1. The van der Waals surface area contributed by atoms with Gasteiger partial charge in [-0.05, 0) is 49.9 Å². The number of hydrogen-bond donors (Lipinski definition) is 2. The van der Waals surface area contributed by atoms with E-state index in [0.29, 0.717) is 22.7 Å². The zero-order chi connectivity index (χ0) is 18.5. The Bertz CT molecular complexity index is 1190. The zero-order valence-electron chi connectivity index (χ0n) is 15.3. The number of nitrogens with zero attached hydrogens (tertiary/aromatic N) is 4. The lowest BCUT2D eigenvalue weighted by molar-refractivity contribution is 0.102. The summed E-state index contributed by atoms with van der Waals surface area (Å²) < 4.78 is 1.67. The first-order chi connectivity index (χ1) is 13.1. The van der Waals surface area contributed by atoms with E-state index >= 15 is 0 Å². The van der Waals surface area contributed by atoms with Crippen molar-refractivity contribution in [2.24, 2.45) is 0 Å². The molecule has 0 atom stereocenters. The predicted molar refractivity (Wildman–Crippen MR) is 104 cm³/mol. The Kier molecular flexibility index (Phi) is 3.51. The number of H-pyrrole nitrogens is 1. The molecule has 0 saturated carbocycles. The highest BCUT2D eigenvalue weighted by molar-refractivity contribution is 6.08. The van der Waals surface area contributed by atoms with Crippen LogP contribution in [0.25, 0.3) is 16.6 Å². The quantitative estimate of drug-likeness (QED) is 0.576. The molecule has 4 heterocycles. The number of rotatable bonds is 2. The number of aryl methyl sites for hydroxylation is 1. The van der Waals surface area contributed by atoms with E-state index in [2.05, 4.69) is 32.3 Å². The van der Waals surface area contributed by atoms with Gasteiger partial charge in [0.15, 0.2) is 5.65 Å². The Balaban J connectivity index is 1.51. The molecule has 136 valence electrons. The summed E-state index contributed by atoms with van der Waals surface area (Å²) in [5.74, 6) is 0.519. The Labute approximate surface area is 156 Å². The Morgan fingerprint density at radius 2 is 2.19 bits per heavy atom. The van der Waals surface area contributed by atoms with E-state index in [-0.39, 0.29) is 5.91 Å². The zero-order valence-corrected chi connectivity index (χ0v) is 15.3. The molecule has 1 amide bonds. The molecule has 0 bridgehead atoms. The molecule has 2 N–H and O–H groups in total. The Hall–Kier alpha value is -3.19. The van der Waals surface area contributed by atoms with Crippen LogP contribution in [0.5, 0.6) is 0 Å².